The minimum atomic E-state index is -4.56. The van der Waals surface area contributed by atoms with E-state index in [0.29, 0.717) is 12.8 Å². The Balaban J connectivity index is 3.19. The Hall–Kier alpha value is -0.800. The summed E-state index contributed by atoms with van der Waals surface area (Å²) in [5.74, 6) is -1.09. The summed E-state index contributed by atoms with van der Waals surface area (Å²) in [6.07, 6.45) is -3.87. The third kappa shape index (κ3) is 1.92. The number of hydrogen-bond donors (Lipinski definition) is 0. The van der Waals surface area contributed by atoms with E-state index in [-0.39, 0.29) is 11.1 Å². The predicted molar refractivity (Wildman–Crippen MR) is 41.8 cm³/mol. The molecular weight excluding hydrogens is 184 g/mol. The van der Waals surface area contributed by atoms with E-state index in [1.807, 2.05) is 0 Å². The van der Waals surface area contributed by atoms with Crippen LogP contribution in [-0.4, -0.2) is 6.18 Å². The molecule has 0 saturated carbocycles. The molecule has 0 saturated heterocycles. The summed E-state index contributed by atoms with van der Waals surface area (Å²) in [4.78, 5) is 0. The van der Waals surface area contributed by atoms with Gasteiger partial charge in [-0.15, -0.1) is 0 Å². The van der Waals surface area contributed by atoms with Crippen LogP contribution in [-0.2, 0) is 0 Å². The van der Waals surface area contributed by atoms with Gasteiger partial charge in [0, 0.05) is 0 Å². The van der Waals surface area contributed by atoms with Crippen LogP contribution in [0.5, 0.6) is 0 Å². The zero-order valence-electron chi connectivity index (χ0n) is 7.43. The van der Waals surface area contributed by atoms with Gasteiger partial charge in [-0.05, 0) is 32.3 Å². The van der Waals surface area contributed by atoms with Crippen LogP contribution in [0.4, 0.5) is 17.6 Å². The molecule has 0 bridgehead atoms. The molecule has 1 rings (SSSR count). The lowest BCUT2D eigenvalue weighted by atomic mass is 9.92. The van der Waals surface area contributed by atoms with Gasteiger partial charge in [-0.1, -0.05) is 5.57 Å². The van der Waals surface area contributed by atoms with E-state index in [2.05, 4.69) is 0 Å². The van der Waals surface area contributed by atoms with Gasteiger partial charge in [0.1, 0.15) is 5.83 Å². The molecule has 1 aliphatic carbocycles. The maximum absolute atomic E-state index is 13.1. The second-order valence-electron chi connectivity index (χ2n) is 3.25. The number of allylic oxidation sites excluding steroid dienone is 4. The molecule has 0 aromatic carbocycles. The van der Waals surface area contributed by atoms with Crippen molar-refractivity contribution in [1.29, 1.82) is 0 Å². The van der Waals surface area contributed by atoms with Gasteiger partial charge in [0.05, 0.1) is 5.57 Å². The second-order valence-corrected chi connectivity index (χ2v) is 3.25. The van der Waals surface area contributed by atoms with E-state index in [1.165, 1.54) is 13.8 Å². The van der Waals surface area contributed by atoms with Crippen LogP contribution in [0.25, 0.3) is 0 Å². The third-order valence-electron chi connectivity index (χ3n) is 2.18. The summed E-state index contributed by atoms with van der Waals surface area (Å²) < 4.78 is 49.9. The fourth-order valence-electron chi connectivity index (χ4n) is 1.38. The minimum absolute atomic E-state index is 0.0931. The molecule has 4 heteroatoms. The highest BCUT2D eigenvalue weighted by Crippen LogP contribution is 2.40. The summed E-state index contributed by atoms with van der Waals surface area (Å²) in [6, 6.07) is 0. The normalized spacial score (nSPS) is 19.8. The number of rotatable bonds is 0. The van der Waals surface area contributed by atoms with E-state index in [9.17, 15) is 17.6 Å². The summed E-state index contributed by atoms with van der Waals surface area (Å²) in [5.41, 5.74) is -0.787. The van der Waals surface area contributed by atoms with Crippen molar-refractivity contribution in [2.24, 2.45) is 0 Å². The van der Waals surface area contributed by atoms with Crippen LogP contribution in [0.15, 0.2) is 22.5 Å². The van der Waals surface area contributed by atoms with Crippen LogP contribution in [0, 0.1) is 0 Å². The largest absolute Gasteiger partial charge is 0.419 e. The highest BCUT2D eigenvalue weighted by molar-refractivity contribution is 5.40. The zero-order valence-corrected chi connectivity index (χ0v) is 7.43. The Morgan fingerprint density at radius 2 is 1.46 bits per heavy atom. The second kappa shape index (κ2) is 3.16. The Labute approximate surface area is 73.9 Å². The van der Waals surface area contributed by atoms with Gasteiger partial charge in [-0.2, -0.15) is 13.2 Å². The van der Waals surface area contributed by atoms with E-state index < -0.39 is 17.6 Å². The highest BCUT2D eigenvalue weighted by Gasteiger charge is 2.40. The smallest absolute Gasteiger partial charge is 0.206 e. The molecule has 0 aromatic heterocycles. The Bertz CT molecular complexity index is 280. The van der Waals surface area contributed by atoms with Crippen molar-refractivity contribution in [2.45, 2.75) is 32.9 Å². The topological polar surface area (TPSA) is 0 Å². The Morgan fingerprint density at radius 3 is 1.85 bits per heavy atom. The zero-order chi connectivity index (χ0) is 10.2. The lowest BCUT2D eigenvalue weighted by Gasteiger charge is -2.20. The predicted octanol–water partition coefficient (Wildman–Crippen LogP) is 3.90. The quantitative estimate of drug-likeness (QED) is 0.513. The van der Waals surface area contributed by atoms with Crippen molar-refractivity contribution in [2.75, 3.05) is 0 Å². The minimum Gasteiger partial charge on any atom is -0.206 e. The number of halogens is 4. The lowest BCUT2D eigenvalue weighted by Crippen LogP contribution is -2.17. The summed E-state index contributed by atoms with van der Waals surface area (Å²) in [7, 11) is 0. The first-order valence-corrected chi connectivity index (χ1v) is 3.96. The van der Waals surface area contributed by atoms with Gasteiger partial charge < -0.3 is 0 Å². The molecule has 0 N–H and O–H groups in total. The fourth-order valence-corrected chi connectivity index (χ4v) is 1.38. The van der Waals surface area contributed by atoms with Gasteiger partial charge in [0.25, 0.3) is 0 Å². The number of alkyl halides is 3. The van der Waals surface area contributed by atoms with Crippen molar-refractivity contribution in [3.8, 4) is 0 Å². The molecule has 0 aromatic rings. The lowest BCUT2D eigenvalue weighted by molar-refractivity contribution is -0.0924. The van der Waals surface area contributed by atoms with Crippen LogP contribution in [0.3, 0.4) is 0 Å². The molecule has 0 unspecified atom stereocenters. The van der Waals surface area contributed by atoms with Gasteiger partial charge in [-0.25, -0.2) is 4.39 Å². The van der Waals surface area contributed by atoms with Crippen LogP contribution in [0.2, 0.25) is 0 Å². The fraction of sp³-hybridized carbons (Fsp3) is 0.556. The van der Waals surface area contributed by atoms with Crippen LogP contribution < -0.4 is 0 Å². The average molecular weight is 194 g/mol. The van der Waals surface area contributed by atoms with Crippen LogP contribution in [0.1, 0.15) is 26.7 Å². The average Bonchev–Trinajstić information content (AvgIpc) is 1.95. The standard InChI is InChI=1S/C9H10F4/c1-5-3-4-6(2)8(10)7(5)9(11,12)13/h3-4H2,1-2H3. The van der Waals surface area contributed by atoms with Crippen LogP contribution >= 0.6 is 0 Å². The van der Waals surface area contributed by atoms with Crippen molar-refractivity contribution in [3.63, 3.8) is 0 Å². The molecule has 0 nitrogen and oxygen atoms in total. The molecule has 74 valence electrons. The van der Waals surface area contributed by atoms with Crippen molar-refractivity contribution in [1.82, 2.24) is 0 Å². The van der Waals surface area contributed by atoms with Crippen molar-refractivity contribution < 1.29 is 17.6 Å². The number of hydrogen-bond acceptors (Lipinski definition) is 0. The van der Waals surface area contributed by atoms with Crippen molar-refractivity contribution >= 4 is 0 Å². The first kappa shape index (κ1) is 10.3. The molecule has 0 aliphatic heterocycles. The van der Waals surface area contributed by atoms with E-state index in [0.717, 1.165) is 0 Å². The van der Waals surface area contributed by atoms with Crippen molar-refractivity contribution in [3.05, 3.63) is 22.5 Å². The molecule has 0 heterocycles. The summed E-state index contributed by atoms with van der Waals surface area (Å²) in [6.45, 7) is 2.72. The third-order valence-corrected chi connectivity index (χ3v) is 2.18. The first-order valence-electron chi connectivity index (χ1n) is 3.96. The summed E-state index contributed by atoms with van der Waals surface area (Å²) in [5, 5.41) is 0. The van der Waals surface area contributed by atoms with Gasteiger partial charge in [-0.3, -0.25) is 0 Å². The van der Waals surface area contributed by atoms with Gasteiger partial charge in [0.2, 0.25) is 0 Å². The highest BCUT2D eigenvalue weighted by atomic mass is 19.4. The SMILES string of the molecule is CC1=C(F)C(C(F)(F)F)=C(C)CC1. The molecule has 13 heavy (non-hydrogen) atoms. The maximum Gasteiger partial charge on any atom is 0.419 e. The molecule has 0 fully saturated rings. The molecule has 0 radical (unpaired) electrons. The van der Waals surface area contributed by atoms with E-state index in [4.69, 9.17) is 0 Å². The molecule has 0 amide bonds. The Kier molecular flexibility index (Phi) is 2.50. The van der Waals surface area contributed by atoms with Gasteiger partial charge in [0.15, 0.2) is 0 Å². The molecular formula is C9H10F4. The molecule has 0 atom stereocenters. The first-order chi connectivity index (χ1) is 5.84. The van der Waals surface area contributed by atoms with E-state index >= 15 is 0 Å². The maximum atomic E-state index is 13.1. The van der Waals surface area contributed by atoms with Gasteiger partial charge >= 0.3 is 6.18 Å². The summed E-state index contributed by atoms with van der Waals surface area (Å²) >= 11 is 0. The molecule has 0 spiro atoms. The molecule has 1 aliphatic rings. The Morgan fingerprint density at radius 1 is 1.00 bits per heavy atom. The monoisotopic (exact) mass is 194 g/mol. The van der Waals surface area contributed by atoms with E-state index in [1.54, 1.807) is 0 Å².